The maximum atomic E-state index is 12.3. The number of benzene rings is 2. The molecule has 0 bridgehead atoms. The van der Waals surface area contributed by atoms with E-state index in [1.54, 1.807) is 12.1 Å². The number of nitrogens with zero attached hydrogens (tertiary/aromatic N) is 1. The molecule has 1 amide bonds. The van der Waals surface area contributed by atoms with Gasteiger partial charge in [0.05, 0.1) is 10.5 Å². The Morgan fingerprint density at radius 2 is 1.72 bits per heavy atom. The second-order valence-corrected chi connectivity index (χ2v) is 6.20. The second-order valence-electron chi connectivity index (χ2n) is 6.20. The summed E-state index contributed by atoms with van der Waals surface area (Å²) in [7, 11) is 0. The molecule has 134 valence electrons. The minimum absolute atomic E-state index is 0. The molecule has 25 heavy (non-hydrogen) atoms. The van der Waals surface area contributed by atoms with Crippen molar-refractivity contribution in [3.05, 3.63) is 75.8 Å². The zero-order valence-corrected chi connectivity index (χ0v) is 15.0. The van der Waals surface area contributed by atoms with Gasteiger partial charge in [-0.25, -0.2) is 0 Å². The molecule has 2 aromatic carbocycles. The van der Waals surface area contributed by atoms with Gasteiger partial charge >= 0.3 is 0 Å². The Hall–Kier alpha value is -2.44. The molecule has 6 nitrogen and oxygen atoms in total. The van der Waals surface area contributed by atoms with Crippen LogP contribution in [-0.4, -0.2) is 10.8 Å². The first kappa shape index (κ1) is 20.6. The fourth-order valence-corrected chi connectivity index (χ4v) is 2.49. The van der Waals surface area contributed by atoms with Gasteiger partial charge in [0, 0.05) is 24.6 Å². The van der Waals surface area contributed by atoms with Crippen LogP contribution in [0.2, 0.25) is 0 Å². The number of rotatable bonds is 6. The summed E-state index contributed by atoms with van der Waals surface area (Å²) in [5.41, 5.74) is 7.13. The van der Waals surface area contributed by atoms with Crippen molar-refractivity contribution in [2.75, 3.05) is 0 Å². The molecule has 0 saturated carbocycles. The zero-order valence-electron chi connectivity index (χ0n) is 14.1. The van der Waals surface area contributed by atoms with Crippen LogP contribution in [0.25, 0.3) is 0 Å². The van der Waals surface area contributed by atoms with Crippen LogP contribution in [-0.2, 0) is 10.3 Å². The van der Waals surface area contributed by atoms with Crippen molar-refractivity contribution < 1.29 is 9.72 Å². The molecule has 0 aliphatic rings. The van der Waals surface area contributed by atoms with Crippen LogP contribution in [0.4, 0.5) is 5.69 Å². The third-order valence-electron chi connectivity index (χ3n) is 3.88. The summed E-state index contributed by atoms with van der Waals surface area (Å²) in [5, 5.41) is 13.7. The first-order valence-electron chi connectivity index (χ1n) is 7.66. The summed E-state index contributed by atoms with van der Waals surface area (Å²) in [6.45, 7) is 3.69. The van der Waals surface area contributed by atoms with Gasteiger partial charge in [-0.1, -0.05) is 30.3 Å². The van der Waals surface area contributed by atoms with Crippen LogP contribution < -0.4 is 11.1 Å². The number of nitro groups is 1. The SMILES string of the molecule is CC(C)(NC(=O)CC(N)c1ccccc1)c1ccc([N+](=O)[O-])cc1.Cl. The summed E-state index contributed by atoms with van der Waals surface area (Å²) in [6, 6.07) is 15.2. The number of nitro benzene ring substituents is 1. The maximum absolute atomic E-state index is 12.3. The zero-order chi connectivity index (χ0) is 17.7. The minimum atomic E-state index is -0.650. The number of carbonyl (C=O) groups excluding carboxylic acids is 1. The smallest absolute Gasteiger partial charge is 0.269 e. The van der Waals surface area contributed by atoms with Crippen LogP contribution in [0.5, 0.6) is 0 Å². The van der Waals surface area contributed by atoms with Crippen molar-refractivity contribution in [3.63, 3.8) is 0 Å². The summed E-state index contributed by atoms with van der Waals surface area (Å²) in [4.78, 5) is 22.6. The highest BCUT2D eigenvalue weighted by atomic mass is 35.5. The quantitative estimate of drug-likeness (QED) is 0.606. The number of halogens is 1. The Balaban J connectivity index is 0.00000312. The van der Waals surface area contributed by atoms with E-state index in [-0.39, 0.29) is 36.5 Å². The van der Waals surface area contributed by atoms with Gasteiger partial charge < -0.3 is 11.1 Å². The highest BCUT2D eigenvalue weighted by Crippen LogP contribution is 2.23. The molecule has 0 radical (unpaired) electrons. The number of nitrogens with two attached hydrogens (primary N) is 1. The van der Waals surface area contributed by atoms with Gasteiger partial charge in [0.15, 0.2) is 0 Å². The molecule has 0 aliphatic carbocycles. The summed E-state index contributed by atoms with van der Waals surface area (Å²) >= 11 is 0. The number of hydrogen-bond acceptors (Lipinski definition) is 4. The molecule has 2 rings (SSSR count). The normalized spacial score (nSPS) is 12.0. The van der Waals surface area contributed by atoms with Gasteiger partial charge in [-0.05, 0) is 37.1 Å². The second kappa shape index (κ2) is 8.60. The number of nitrogens with one attached hydrogen (secondary N) is 1. The van der Waals surface area contributed by atoms with Crippen LogP contribution in [0.1, 0.15) is 37.4 Å². The molecule has 3 N–H and O–H groups in total. The van der Waals surface area contributed by atoms with E-state index in [0.29, 0.717) is 0 Å². The van der Waals surface area contributed by atoms with Gasteiger partial charge in [0.2, 0.25) is 5.91 Å². The summed E-state index contributed by atoms with van der Waals surface area (Å²) in [6.07, 6.45) is 0.167. The maximum Gasteiger partial charge on any atom is 0.269 e. The topological polar surface area (TPSA) is 98.3 Å². The first-order valence-corrected chi connectivity index (χ1v) is 7.66. The van der Waals surface area contributed by atoms with E-state index < -0.39 is 10.5 Å². The first-order chi connectivity index (χ1) is 11.3. The highest BCUT2D eigenvalue weighted by Gasteiger charge is 2.24. The summed E-state index contributed by atoms with van der Waals surface area (Å²) < 4.78 is 0. The largest absolute Gasteiger partial charge is 0.347 e. The number of non-ortho nitro benzene ring substituents is 1. The molecule has 0 saturated heterocycles. The Morgan fingerprint density at radius 1 is 1.16 bits per heavy atom. The van der Waals surface area contributed by atoms with Crippen molar-refractivity contribution in [2.45, 2.75) is 31.8 Å². The van der Waals surface area contributed by atoms with Gasteiger partial charge in [-0.3, -0.25) is 14.9 Å². The molecular weight excluding hydrogens is 342 g/mol. The van der Waals surface area contributed by atoms with Crippen LogP contribution in [0.3, 0.4) is 0 Å². The van der Waals surface area contributed by atoms with Gasteiger partial charge in [-0.2, -0.15) is 0 Å². The van der Waals surface area contributed by atoms with E-state index in [9.17, 15) is 14.9 Å². The fourth-order valence-electron chi connectivity index (χ4n) is 2.49. The highest BCUT2D eigenvalue weighted by molar-refractivity contribution is 5.85. The standard InChI is InChI=1S/C18H21N3O3.ClH/c1-18(2,14-8-10-15(11-9-14)21(23)24)20-17(22)12-16(19)13-6-4-3-5-7-13;/h3-11,16H,12,19H2,1-2H3,(H,20,22);1H. The molecule has 1 unspecified atom stereocenters. The van der Waals surface area contributed by atoms with Gasteiger partial charge in [-0.15, -0.1) is 12.4 Å². The number of amides is 1. The lowest BCUT2D eigenvalue weighted by atomic mass is 9.93. The third-order valence-corrected chi connectivity index (χ3v) is 3.88. The molecule has 0 aromatic heterocycles. The van der Waals surface area contributed by atoms with E-state index in [0.717, 1.165) is 11.1 Å². The van der Waals surface area contributed by atoms with Crippen molar-refractivity contribution >= 4 is 24.0 Å². The lowest BCUT2D eigenvalue weighted by Gasteiger charge is -2.27. The van der Waals surface area contributed by atoms with Crippen molar-refractivity contribution in [1.29, 1.82) is 0 Å². The van der Waals surface area contributed by atoms with E-state index in [2.05, 4.69) is 5.32 Å². The van der Waals surface area contributed by atoms with E-state index in [1.807, 2.05) is 44.2 Å². The average molecular weight is 364 g/mol. The van der Waals surface area contributed by atoms with Crippen LogP contribution >= 0.6 is 12.4 Å². The van der Waals surface area contributed by atoms with Crippen molar-refractivity contribution in [3.8, 4) is 0 Å². The van der Waals surface area contributed by atoms with Gasteiger partial charge in [0.1, 0.15) is 0 Å². The molecule has 0 spiro atoms. The lowest BCUT2D eigenvalue weighted by Crippen LogP contribution is -2.42. The molecule has 0 fully saturated rings. The third kappa shape index (κ3) is 5.55. The monoisotopic (exact) mass is 363 g/mol. The van der Waals surface area contributed by atoms with E-state index in [4.69, 9.17) is 5.73 Å². The average Bonchev–Trinajstić information content (AvgIpc) is 2.55. The van der Waals surface area contributed by atoms with Crippen LogP contribution in [0.15, 0.2) is 54.6 Å². The van der Waals surface area contributed by atoms with Crippen molar-refractivity contribution in [2.24, 2.45) is 5.73 Å². The Kier molecular flexibility index (Phi) is 7.09. The molecule has 0 heterocycles. The summed E-state index contributed by atoms with van der Waals surface area (Å²) in [5.74, 6) is -0.172. The number of carbonyl (C=O) groups is 1. The Bertz CT molecular complexity index is 718. The molecule has 7 heteroatoms. The Labute approximate surface area is 153 Å². The predicted molar refractivity (Wildman–Crippen MR) is 99.5 cm³/mol. The van der Waals surface area contributed by atoms with Crippen LogP contribution in [0, 0.1) is 10.1 Å². The predicted octanol–water partition coefficient (Wildman–Crippen LogP) is 3.46. The Morgan fingerprint density at radius 3 is 2.24 bits per heavy atom. The van der Waals surface area contributed by atoms with E-state index in [1.165, 1.54) is 12.1 Å². The van der Waals surface area contributed by atoms with Gasteiger partial charge in [0.25, 0.3) is 5.69 Å². The molecular formula is C18H22ClN3O3. The fraction of sp³-hybridized carbons (Fsp3) is 0.278. The molecule has 1 atom stereocenters. The van der Waals surface area contributed by atoms with Crippen molar-refractivity contribution in [1.82, 2.24) is 5.32 Å². The molecule has 2 aromatic rings. The molecule has 0 aliphatic heterocycles. The number of hydrogen-bond donors (Lipinski definition) is 2. The lowest BCUT2D eigenvalue weighted by molar-refractivity contribution is -0.384. The van der Waals surface area contributed by atoms with E-state index >= 15 is 0 Å². The minimum Gasteiger partial charge on any atom is -0.347 e.